The molecule has 1 aromatic heterocycles. The molecule has 0 aliphatic carbocycles. The Morgan fingerprint density at radius 2 is 1.83 bits per heavy atom. The van der Waals surface area contributed by atoms with Crippen LogP contribution in [0.5, 0.6) is 0 Å². The van der Waals surface area contributed by atoms with Crippen LogP contribution >= 0.6 is 0 Å². The first-order chi connectivity index (χ1) is 5.54. The van der Waals surface area contributed by atoms with Crippen molar-refractivity contribution in [3.8, 4) is 0 Å². The van der Waals surface area contributed by atoms with Gasteiger partial charge in [0, 0.05) is 5.92 Å². The van der Waals surface area contributed by atoms with Gasteiger partial charge in [0.1, 0.15) is 11.5 Å². The van der Waals surface area contributed by atoms with E-state index in [0.29, 0.717) is 11.7 Å². The molecule has 0 aromatic carbocycles. The lowest BCUT2D eigenvalue weighted by molar-refractivity contribution is 0.521. The average molecular weight is 168 g/mol. The van der Waals surface area contributed by atoms with Crippen LogP contribution in [0.1, 0.15) is 45.3 Å². The summed E-state index contributed by atoms with van der Waals surface area (Å²) in [5.74, 6) is 1.04. The van der Waals surface area contributed by atoms with Crippen molar-refractivity contribution in [3.05, 3.63) is 5.69 Å². The van der Waals surface area contributed by atoms with E-state index in [1.165, 1.54) is 0 Å². The molecule has 1 heterocycles. The topological polar surface area (TPSA) is 56.7 Å². The number of nitrogen functional groups attached to an aromatic ring is 1. The van der Waals surface area contributed by atoms with Crippen molar-refractivity contribution in [3.63, 3.8) is 0 Å². The van der Waals surface area contributed by atoms with Gasteiger partial charge in [0.15, 0.2) is 0 Å². The fourth-order valence-electron chi connectivity index (χ4n) is 1.11. The maximum atomic E-state index is 5.84. The predicted molar refractivity (Wildman–Crippen MR) is 48.9 cm³/mol. The second-order valence-electron chi connectivity index (χ2n) is 3.55. The maximum Gasteiger partial charge on any atom is 0.146 e. The van der Waals surface area contributed by atoms with E-state index in [4.69, 9.17) is 5.73 Å². The highest BCUT2D eigenvalue weighted by atomic mass is 15.5. The lowest BCUT2D eigenvalue weighted by Crippen LogP contribution is -2.07. The minimum Gasteiger partial charge on any atom is -0.382 e. The number of rotatable bonds is 2. The third-order valence-corrected chi connectivity index (χ3v) is 1.79. The highest BCUT2D eigenvalue weighted by Gasteiger charge is 2.13. The molecule has 1 aromatic rings. The van der Waals surface area contributed by atoms with Gasteiger partial charge in [0.05, 0.1) is 6.04 Å². The van der Waals surface area contributed by atoms with Crippen LogP contribution in [0.15, 0.2) is 0 Å². The van der Waals surface area contributed by atoms with E-state index in [0.717, 1.165) is 5.69 Å². The average Bonchev–Trinajstić information content (AvgIpc) is 2.30. The molecule has 0 saturated carbocycles. The number of hydrogen-bond donors (Lipinski definition) is 1. The minimum absolute atomic E-state index is 0.282. The Morgan fingerprint density at radius 3 is 2.08 bits per heavy atom. The van der Waals surface area contributed by atoms with E-state index < -0.39 is 0 Å². The van der Waals surface area contributed by atoms with Crippen molar-refractivity contribution in [2.24, 2.45) is 0 Å². The Hall–Kier alpha value is -1.06. The van der Waals surface area contributed by atoms with E-state index in [1.54, 1.807) is 4.68 Å². The van der Waals surface area contributed by atoms with Crippen molar-refractivity contribution in [1.29, 1.82) is 0 Å². The smallest absolute Gasteiger partial charge is 0.146 e. The molecule has 0 saturated heterocycles. The zero-order chi connectivity index (χ0) is 9.30. The molecule has 0 unspecified atom stereocenters. The van der Waals surface area contributed by atoms with E-state index in [1.807, 2.05) is 13.8 Å². The Kier molecular flexibility index (Phi) is 2.35. The van der Waals surface area contributed by atoms with Gasteiger partial charge in [-0.05, 0) is 13.8 Å². The second kappa shape index (κ2) is 3.13. The molecule has 0 amide bonds. The van der Waals surface area contributed by atoms with Gasteiger partial charge in [-0.15, -0.1) is 5.10 Å². The summed E-state index contributed by atoms with van der Waals surface area (Å²) in [5, 5.41) is 8.00. The molecule has 0 bridgehead atoms. The van der Waals surface area contributed by atoms with E-state index >= 15 is 0 Å². The summed E-state index contributed by atoms with van der Waals surface area (Å²) in [6.45, 7) is 8.19. The lowest BCUT2D eigenvalue weighted by atomic mass is 10.1. The van der Waals surface area contributed by atoms with E-state index in [9.17, 15) is 0 Å². The molecular weight excluding hydrogens is 152 g/mol. The Morgan fingerprint density at radius 1 is 1.25 bits per heavy atom. The first kappa shape index (κ1) is 9.03. The zero-order valence-electron chi connectivity index (χ0n) is 8.07. The molecule has 0 spiro atoms. The van der Waals surface area contributed by atoms with Crippen molar-refractivity contribution in [1.82, 2.24) is 15.0 Å². The van der Waals surface area contributed by atoms with Crippen LogP contribution in [-0.2, 0) is 0 Å². The van der Waals surface area contributed by atoms with Crippen molar-refractivity contribution < 1.29 is 0 Å². The van der Waals surface area contributed by atoms with Crippen molar-refractivity contribution in [2.45, 2.75) is 39.7 Å². The first-order valence-electron chi connectivity index (χ1n) is 4.24. The largest absolute Gasteiger partial charge is 0.382 e. The maximum absolute atomic E-state index is 5.84. The van der Waals surface area contributed by atoms with Gasteiger partial charge in [-0.1, -0.05) is 19.1 Å². The van der Waals surface area contributed by atoms with Crippen LogP contribution in [0.3, 0.4) is 0 Å². The molecule has 0 fully saturated rings. The Labute approximate surface area is 72.8 Å². The Bertz CT molecular complexity index is 237. The van der Waals surface area contributed by atoms with E-state index in [-0.39, 0.29) is 6.04 Å². The molecule has 68 valence electrons. The van der Waals surface area contributed by atoms with Crippen LogP contribution in [0, 0.1) is 0 Å². The predicted octanol–water partition coefficient (Wildman–Crippen LogP) is 1.56. The third kappa shape index (κ3) is 1.42. The normalized spacial score (nSPS) is 11.5. The van der Waals surface area contributed by atoms with Gasteiger partial charge in [-0.2, -0.15) is 0 Å². The van der Waals surface area contributed by atoms with Crippen molar-refractivity contribution >= 4 is 5.82 Å². The molecule has 0 atom stereocenters. The number of aromatic nitrogens is 3. The summed E-state index contributed by atoms with van der Waals surface area (Å²) in [5.41, 5.74) is 6.74. The van der Waals surface area contributed by atoms with Gasteiger partial charge in [-0.25, -0.2) is 4.68 Å². The summed E-state index contributed by atoms with van der Waals surface area (Å²) < 4.78 is 1.75. The SMILES string of the molecule is CC(C)c1nnn(C(C)C)c1N. The minimum atomic E-state index is 0.282. The Balaban J connectivity index is 3.04. The number of anilines is 1. The van der Waals surface area contributed by atoms with Crippen LogP contribution in [-0.4, -0.2) is 15.0 Å². The highest BCUT2D eigenvalue weighted by molar-refractivity contribution is 5.36. The van der Waals surface area contributed by atoms with E-state index in [2.05, 4.69) is 24.2 Å². The zero-order valence-corrected chi connectivity index (χ0v) is 8.07. The quantitative estimate of drug-likeness (QED) is 0.729. The summed E-state index contributed by atoms with van der Waals surface area (Å²) in [7, 11) is 0. The summed E-state index contributed by atoms with van der Waals surface area (Å²) >= 11 is 0. The van der Waals surface area contributed by atoms with Gasteiger partial charge >= 0.3 is 0 Å². The number of hydrogen-bond acceptors (Lipinski definition) is 3. The highest BCUT2D eigenvalue weighted by Crippen LogP contribution is 2.20. The number of nitrogens with zero attached hydrogens (tertiary/aromatic N) is 3. The van der Waals surface area contributed by atoms with Crippen LogP contribution in [0.4, 0.5) is 5.82 Å². The monoisotopic (exact) mass is 168 g/mol. The fourth-order valence-corrected chi connectivity index (χ4v) is 1.11. The molecule has 12 heavy (non-hydrogen) atoms. The molecule has 0 aliphatic heterocycles. The molecular formula is C8H16N4. The molecule has 4 heteroatoms. The van der Waals surface area contributed by atoms with Gasteiger partial charge in [-0.3, -0.25) is 0 Å². The van der Waals surface area contributed by atoms with Gasteiger partial charge < -0.3 is 5.73 Å². The summed E-state index contributed by atoms with van der Waals surface area (Å²) in [6, 6.07) is 0.282. The molecule has 4 nitrogen and oxygen atoms in total. The summed E-state index contributed by atoms with van der Waals surface area (Å²) in [4.78, 5) is 0. The summed E-state index contributed by atoms with van der Waals surface area (Å²) in [6.07, 6.45) is 0. The fraction of sp³-hybridized carbons (Fsp3) is 0.750. The standard InChI is InChI=1S/C8H16N4/c1-5(2)7-8(9)12(6(3)4)11-10-7/h5-6H,9H2,1-4H3. The molecule has 2 N–H and O–H groups in total. The van der Waals surface area contributed by atoms with Crippen molar-refractivity contribution in [2.75, 3.05) is 5.73 Å². The number of nitrogens with two attached hydrogens (primary N) is 1. The third-order valence-electron chi connectivity index (χ3n) is 1.79. The van der Waals surface area contributed by atoms with Crippen LogP contribution in [0.25, 0.3) is 0 Å². The van der Waals surface area contributed by atoms with Gasteiger partial charge in [0.2, 0.25) is 0 Å². The molecule has 0 radical (unpaired) electrons. The second-order valence-corrected chi connectivity index (χ2v) is 3.55. The first-order valence-corrected chi connectivity index (χ1v) is 4.24. The molecule has 1 rings (SSSR count). The lowest BCUT2D eigenvalue weighted by Gasteiger charge is -2.07. The van der Waals surface area contributed by atoms with Gasteiger partial charge in [0.25, 0.3) is 0 Å². The molecule has 0 aliphatic rings. The van der Waals surface area contributed by atoms with Crippen LogP contribution in [0.2, 0.25) is 0 Å². The van der Waals surface area contributed by atoms with Crippen LogP contribution < -0.4 is 5.73 Å².